The number of carbonyl (C=O) groups excluding carboxylic acids is 1. The van der Waals surface area contributed by atoms with Crippen molar-refractivity contribution < 1.29 is 9.53 Å². The fourth-order valence-electron chi connectivity index (χ4n) is 2.07. The lowest BCUT2D eigenvalue weighted by Crippen LogP contribution is -2.25. The molecular weight excluding hydrogens is 240 g/mol. The molecule has 0 radical (unpaired) electrons. The Morgan fingerprint density at radius 1 is 1.32 bits per heavy atom. The maximum absolute atomic E-state index is 12.0. The minimum atomic E-state index is -0.636. The molecule has 0 heterocycles. The summed E-state index contributed by atoms with van der Waals surface area (Å²) in [5.74, 6) is -0.0895. The van der Waals surface area contributed by atoms with Gasteiger partial charge in [-0.1, -0.05) is 13.8 Å². The first kappa shape index (κ1) is 15.0. The van der Waals surface area contributed by atoms with Gasteiger partial charge in [0, 0.05) is 5.69 Å². The Hall–Kier alpha value is -2.02. The van der Waals surface area contributed by atoms with Crippen LogP contribution in [0.4, 0.5) is 5.69 Å². The van der Waals surface area contributed by atoms with Crippen LogP contribution in [-0.2, 0) is 4.79 Å². The molecule has 1 aromatic rings. The first-order chi connectivity index (χ1) is 8.90. The number of anilines is 1. The molecule has 1 atom stereocenters. The average molecular weight is 260 g/mol. The largest absolute Gasteiger partial charge is 0.496 e. The highest BCUT2D eigenvalue weighted by Crippen LogP contribution is 2.27. The van der Waals surface area contributed by atoms with Crippen molar-refractivity contribution in [2.24, 2.45) is 11.8 Å². The summed E-state index contributed by atoms with van der Waals surface area (Å²) in [5.41, 5.74) is 2.61. The van der Waals surface area contributed by atoms with Crippen LogP contribution in [0.2, 0.25) is 0 Å². The molecule has 0 aliphatic heterocycles. The standard InChI is InChI=1S/C15H20N2O2/c1-9(2)13(8-16)15(18)17-12-6-10(3)14(19-5)11(4)7-12/h6-7,9,13H,1-5H3,(H,17,18). The van der Waals surface area contributed by atoms with Gasteiger partial charge in [-0.3, -0.25) is 4.79 Å². The van der Waals surface area contributed by atoms with Crippen LogP contribution >= 0.6 is 0 Å². The fourth-order valence-corrected chi connectivity index (χ4v) is 2.07. The molecule has 0 aliphatic rings. The van der Waals surface area contributed by atoms with Crippen molar-refractivity contribution in [3.05, 3.63) is 23.3 Å². The number of nitrogens with zero attached hydrogens (tertiary/aromatic N) is 1. The third-order valence-corrected chi connectivity index (χ3v) is 3.02. The predicted molar refractivity (Wildman–Crippen MR) is 75.0 cm³/mol. The Balaban J connectivity index is 2.96. The van der Waals surface area contributed by atoms with Crippen LogP contribution in [0.1, 0.15) is 25.0 Å². The number of ether oxygens (including phenoxy) is 1. The van der Waals surface area contributed by atoms with Crippen molar-refractivity contribution in [2.75, 3.05) is 12.4 Å². The molecule has 1 unspecified atom stereocenters. The molecule has 0 saturated carbocycles. The summed E-state index contributed by atoms with van der Waals surface area (Å²) in [4.78, 5) is 12.0. The SMILES string of the molecule is COc1c(C)cc(NC(=O)C(C#N)C(C)C)cc1C. The minimum absolute atomic E-state index is 0.00885. The number of benzene rings is 1. The Bertz CT molecular complexity index is 492. The topological polar surface area (TPSA) is 62.1 Å². The van der Waals surface area contributed by atoms with Crippen molar-refractivity contribution in [1.82, 2.24) is 0 Å². The van der Waals surface area contributed by atoms with Crippen molar-refractivity contribution in [2.45, 2.75) is 27.7 Å². The number of aryl methyl sites for hydroxylation is 2. The first-order valence-corrected chi connectivity index (χ1v) is 6.26. The molecule has 0 saturated heterocycles. The normalized spacial score (nSPS) is 11.8. The van der Waals surface area contributed by atoms with E-state index in [2.05, 4.69) is 5.32 Å². The zero-order chi connectivity index (χ0) is 14.6. The van der Waals surface area contributed by atoms with Crippen molar-refractivity contribution >= 4 is 11.6 Å². The number of hydrogen-bond acceptors (Lipinski definition) is 3. The molecule has 0 spiro atoms. The van der Waals surface area contributed by atoms with Crippen molar-refractivity contribution in [3.8, 4) is 11.8 Å². The number of hydrogen-bond donors (Lipinski definition) is 1. The van der Waals surface area contributed by atoms with Crippen LogP contribution in [0.3, 0.4) is 0 Å². The van der Waals surface area contributed by atoms with Gasteiger partial charge in [0.1, 0.15) is 11.7 Å². The van der Waals surface area contributed by atoms with Gasteiger partial charge >= 0.3 is 0 Å². The quantitative estimate of drug-likeness (QED) is 0.905. The van der Waals surface area contributed by atoms with Gasteiger partial charge in [0.15, 0.2) is 0 Å². The number of rotatable bonds is 4. The second-order valence-corrected chi connectivity index (χ2v) is 4.98. The van der Waals surface area contributed by atoms with Crippen molar-refractivity contribution in [1.29, 1.82) is 5.26 Å². The number of methoxy groups -OCH3 is 1. The van der Waals surface area contributed by atoms with Gasteiger partial charge in [0.05, 0.1) is 13.2 Å². The van der Waals surface area contributed by atoms with Gasteiger partial charge in [-0.2, -0.15) is 5.26 Å². The van der Waals surface area contributed by atoms with Crippen LogP contribution in [-0.4, -0.2) is 13.0 Å². The second kappa shape index (κ2) is 6.24. The second-order valence-electron chi connectivity index (χ2n) is 4.98. The van der Waals surface area contributed by atoms with E-state index in [1.54, 1.807) is 7.11 Å². The molecule has 102 valence electrons. The zero-order valence-corrected chi connectivity index (χ0v) is 12.1. The van der Waals surface area contributed by atoms with E-state index >= 15 is 0 Å². The van der Waals surface area contributed by atoms with E-state index in [9.17, 15) is 4.79 Å². The highest BCUT2D eigenvalue weighted by Gasteiger charge is 2.22. The van der Waals surface area contributed by atoms with Gasteiger partial charge in [0.2, 0.25) is 5.91 Å². The van der Waals surface area contributed by atoms with Gasteiger partial charge in [-0.15, -0.1) is 0 Å². The lowest BCUT2D eigenvalue weighted by Gasteiger charge is -2.15. The van der Waals surface area contributed by atoms with E-state index in [1.165, 1.54) is 0 Å². The van der Waals surface area contributed by atoms with E-state index in [0.29, 0.717) is 5.69 Å². The van der Waals surface area contributed by atoms with Gasteiger partial charge < -0.3 is 10.1 Å². The Kier molecular flexibility index (Phi) is 4.94. The zero-order valence-electron chi connectivity index (χ0n) is 12.1. The van der Waals surface area contributed by atoms with Crippen LogP contribution in [0, 0.1) is 37.0 Å². The van der Waals surface area contributed by atoms with Crippen LogP contribution in [0.5, 0.6) is 5.75 Å². The fraction of sp³-hybridized carbons (Fsp3) is 0.467. The number of carbonyl (C=O) groups is 1. The summed E-state index contributed by atoms with van der Waals surface area (Å²) in [6.45, 7) is 7.56. The summed E-state index contributed by atoms with van der Waals surface area (Å²) in [5, 5.41) is 11.8. The molecule has 1 N–H and O–H groups in total. The molecule has 19 heavy (non-hydrogen) atoms. The number of nitrogens with one attached hydrogen (secondary N) is 1. The molecule has 0 aliphatic carbocycles. The van der Waals surface area contributed by atoms with E-state index in [4.69, 9.17) is 10.00 Å². The van der Waals surface area contributed by atoms with E-state index < -0.39 is 5.92 Å². The Labute approximate surface area is 114 Å². The molecule has 4 heteroatoms. The highest BCUT2D eigenvalue weighted by atomic mass is 16.5. The summed E-state index contributed by atoms with van der Waals surface area (Å²) in [7, 11) is 1.62. The molecule has 0 bridgehead atoms. The van der Waals surface area contributed by atoms with E-state index in [1.807, 2.05) is 45.9 Å². The molecule has 1 amide bonds. The number of amides is 1. The molecular formula is C15H20N2O2. The maximum Gasteiger partial charge on any atom is 0.241 e. The molecule has 0 aromatic heterocycles. The maximum atomic E-state index is 12.0. The highest BCUT2D eigenvalue weighted by molar-refractivity contribution is 5.94. The van der Waals surface area contributed by atoms with Crippen LogP contribution in [0.25, 0.3) is 0 Å². The van der Waals surface area contributed by atoms with Crippen LogP contribution < -0.4 is 10.1 Å². The smallest absolute Gasteiger partial charge is 0.241 e. The molecule has 1 rings (SSSR count). The monoisotopic (exact) mass is 260 g/mol. The van der Waals surface area contributed by atoms with Crippen molar-refractivity contribution in [3.63, 3.8) is 0 Å². The predicted octanol–water partition coefficient (Wildman–Crippen LogP) is 3.05. The summed E-state index contributed by atoms with van der Waals surface area (Å²) in [6, 6.07) is 5.73. The summed E-state index contributed by atoms with van der Waals surface area (Å²) in [6.07, 6.45) is 0. The summed E-state index contributed by atoms with van der Waals surface area (Å²) >= 11 is 0. The molecule has 0 fully saturated rings. The van der Waals surface area contributed by atoms with E-state index in [0.717, 1.165) is 16.9 Å². The van der Waals surface area contributed by atoms with Gasteiger partial charge in [-0.05, 0) is 43.0 Å². The lowest BCUT2D eigenvalue weighted by atomic mass is 9.96. The molecule has 1 aromatic carbocycles. The minimum Gasteiger partial charge on any atom is -0.496 e. The average Bonchev–Trinajstić information content (AvgIpc) is 2.28. The summed E-state index contributed by atoms with van der Waals surface area (Å²) < 4.78 is 5.28. The van der Waals surface area contributed by atoms with Crippen LogP contribution in [0.15, 0.2) is 12.1 Å². The molecule has 4 nitrogen and oxygen atoms in total. The van der Waals surface area contributed by atoms with Gasteiger partial charge in [-0.25, -0.2) is 0 Å². The first-order valence-electron chi connectivity index (χ1n) is 6.26. The van der Waals surface area contributed by atoms with Gasteiger partial charge in [0.25, 0.3) is 0 Å². The number of nitriles is 1. The Morgan fingerprint density at radius 2 is 1.84 bits per heavy atom. The Morgan fingerprint density at radius 3 is 2.21 bits per heavy atom. The lowest BCUT2D eigenvalue weighted by molar-refractivity contribution is -0.119. The van der Waals surface area contributed by atoms with E-state index in [-0.39, 0.29) is 11.8 Å². The third-order valence-electron chi connectivity index (χ3n) is 3.02. The third kappa shape index (κ3) is 3.47.